The Kier molecular flexibility index (Phi) is 2.86. The maximum atomic E-state index is 12.2. The van der Waals surface area contributed by atoms with Crippen molar-refractivity contribution < 1.29 is 13.5 Å². The van der Waals surface area contributed by atoms with Crippen LogP contribution in [0.2, 0.25) is 0 Å². The average molecular weight is 213 g/mol. The van der Waals surface area contributed by atoms with Crippen molar-refractivity contribution in [3.05, 3.63) is 29.8 Å². The zero-order valence-electron chi connectivity index (χ0n) is 8.20. The number of fused-ring (bicyclic) bond motifs is 1. The van der Waals surface area contributed by atoms with Gasteiger partial charge in [-0.25, -0.2) is 8.78 Å². The lowest BCUT2D eigenvalue weighted by atomic mass is 9.96. The summed E-state index contributed by atoms with van der Waals surface area (Å²) in [6.07, 6.45) is -2.63. The van der Waals surface area contributed by atoms with Gasteiger partial charge in [0.15, 0.2) is 0 Å². The Morgan fingerprint density at radius 2 is 2.13 bits per heavy atom. The second-order valence-electron chi connectivity index (χ2n) is 3.76. The van der Waals surface area contributed by atoms with Crippen molar-refractivity contribution in [3.8, 4) is 5.75 Å². The van der Waals surface area contributed by atoms with Crippen LogP contribution in [0.25, 0.3) is 0 Å². The number of rotatable bonds is 2. The second-order valence-corrected chi connectivity index (χ2v) is 3.76. The summed E-state index contributed by atoms with van der Waals surface area (Å²) in [6, 6.07) is 7.08. The van der Waals surface area contributed by atoms with Crippen LogP contribution in [0.4, 0.5) is 8.78 Å². The van der Waals surface area contributed by atoms with Crippen molar-refractivity contribution in [2.45, 2.75) is 31.4 Å². The Morgan fingerprint density at radius 3 is 2.87 bits per heavy atom. The van der Waals surface area contributed by atoms with Crippen LogP contribution in [-0.4, -0.2) is 18.6 Å². The van der Waals surface area contributed by atoms with Crippen LogP contribution in [-0.2, 0) is 6.42 Å². The number of para-hydroxylation sites is 1. The molecule has 0 saturated carbocycles. The van der Waals surface area contributed by atoms with Gasteiger partial charge in [0.05, 0.1) is 0 Å². The van der Waals surface area contributed by atoms with Crippen LogP contribution in [0.3, 0.4) is 0 Å². The number of nitrogens with two attached hydrogens (primary N) is 1. The molecule has 4 heteroatoms. The molecule has 15 heavy (non-hydrogen) atoms. The zero-order chi connectivity index (χ0) is 10.8. The van der Waals surface area contributed by atoms with Gasteiger partial charge in [-0.3, -0.25) is 0 Å². The summed E-state index contributed by atoms with van der Waals surface area (Å²) < 4.78 is 29.9. The van der Waals surface area contributed by atoms with Gasteiger partial charge in [0.2, 0.25) is 6.43 Å². The van der Waals surface area contributed by atoms with E-state index in [0.29, 0.717) is 12.2 Å². The van der Waals surface area contributed by atoms with Gasteiger partial charge in [0, 0.05) is 12.5 Å². The van der Waals surface area contributed by atoms with Crippen molar-refractivity contribution in [3.63, 3.8) is 0 Å². The molecular formula is C11H13F2NO. The fourth-order valence-electron chi connectivity index (χ4n) is 1.82. The van der Waals surface area contributed by atoms with Gasteiger partial charge in [0.25, 0.3) is 0 Å². The van der Waals surface area contributed by atoms with Gasteiger partial charge < -0.3 is 10.5 Å². The molecule has 82 valence electrons. The Hall–Kier alpha value is -1.16. The number of halogens is 2. The topological polar surface area (TPSA) is 35.2 Å². The number of hydrogen-bond donors (Lipinski definition) is 1. The molecule has 1 aromatic rings. The quantitative estimate of drug-likeness (QED) is 0.815. The molecule has 0 bridgehead atoms. The maximum Gasteiger partial charge on any atom is 0.242 e. The van der Waals surface area contributed by atoms with E-state index in [-0.39, 0.29) is 12.5 Å². The van der Waals surface area contributed by atoms with E-state index in [4.69, 9.17) is 10.5 Å². The largest absolute Gasteiger partial charge is 0.488 e. The van der Waals surface area contributed by atoms with E-state index >= 15 is 0 Å². The van der Waals surface area contributed by atoms with E-state index in [9.17, 15) is 8.78 Å². The standard InChI is InChI=1S/C11H13F2NO/c12-11(13)6-10-8(14)5-7-3-1-2-4-9(7)15-10/h1-4,8,10-11H,5-6,14H2. The van der Waals surface area contributed by atoms with E-state index in [0.717, 1.165) is 5.56 Å². The molecule has 2 atom stereocenters. The molecule has 0 fully saturated rings. The SMILES string of the molecule is NC1Cc2ccccc2OC1CC(F)F. The van der Waals surface area contributed by atoms with E-state index in [1.165, 1.54) is 0 Å². The van der Waals surface area contributed by atoms with Crippen LogP contribution >= 0.6 is 0 Å². The van der Waals surface area contributed by atoms with Gasteiger partial charge >= 0.3 is 0 Å². The Labute approximate surface area is 87.0 Å². The maximum absolute atomic E-state index is 12.2. The lowest BCUT2D eigenvalue weighted by Gasteiger charge is -2.31. The van der Waals surface area contributed by atoms with Crippen molar-refractivity contribution in [2.75, 3.05) is 0 Å². The first-order chi connectivity index (χ1) is 7.16. The summed E-state index contributed by atoms with van der Waals surface area (Å²) in [6.45, 7) is 0. The molecule has 0 aliphatic carbocycles. The molecule has 1 aromatic carbocycles. The van der Waals surface area contributed by atoms with Crippen LogP contribution in [0.5, 0.6) is 5.75 Å². The number of benzene rings is 1. The smallest absolute Gasteiger partial charge is 0.242 e. The third-order valence-corrected chi connectivity index (χ3v) is 2.59. The molecule has 2 rings (SSSR count). The molecule has 2 nitrogen and oxygen atoms in total. The zero-order valence-corrected chi connectivity index (χ0v) is 8.20. The third kappa shape index (κ3) is 2.26. The molecule has 0 spiro atoms. The highest BCUT2D eigenvalue weighted by molar-refractivity contribution is 5.36. The first-order valence-corrected chi connectivity index (χ1v) is 4.95. The molecular weight excluding hydrogens is 200 g/mol. The molecule has 0 saturated heterocycles. The van der Waals surface area contributed by atoms with Crippen molar-refractivity contribution >= 4 is 0 Å². The number of hydrogen-bond acceptors (Lipinski definition) is 2. The monoisotopic (exact) mass is 213 g/mol. The van der Waals surface area contributed by atoms with E-state index in [2.05, 4.69) is 0 Å². The summed E-state index contributed by atoms with van der Waals surface area (Å²) in [7, 11) is 0. The van der Waals surface area contributed by atoms with Crippen molar-refractivity contribution in [1.82, 2.24) is 0 Å². The molecule has 1 heterocycles. The molecule has 0 aromatic heterocycles. The predicted octanol–water partition coefficient (Wildman–Crippen LogP) is 1.97. The fourth-order valence-corrected chi connectivity index (χ4v) is 1.82. The first-order valence-electron chi connectivity index (χ1n) is 4.95. The first kappa shape index (κ1) is 10.4. The highest BCUT2D eigenvalue weighted by Gasteiger charge is 2.29. The molecule has 0 radical (unpaired) electrons. The summed E-state index contributed by atoms with van der Waals surface area (Å²) in [4.78, 5) is 0. The van der Waals surface area contributed by atoms with Crippen LogP contribution < -0.4 is 10.5 Å². The second kappa shape index (κ2) is 4.14. The molecule has 1 aliphatic heterocycles. The lowest BCUT2D eigenvalue weighted by Crippen LogP contribution is -2.44. The Morgan fingerprint density at radius 1 is 1.40 bits per heavy atom. The van der Waals surface area contributed by atoms with Crippen LogP contribution in [0, 0.1) is 0 Å². The normalized spacial score (nSPS) is 24.8. The Balaban J connectivity index is 2.14. The number of ether oxygens (including phenoxy) is 1. The summed E-state index contributed by atoms with van der Waals surface area (Å²) in [5.41, 5.74) is 6.78. The number of alkyl halides is 2. The van der Waals surface area contributed by atoms with E-state index in [1.807, 2.05) is 18.2 Å². The van der Waals surface area contributed by atoms with Gasteiger partial charge in [-0.05, 0) is 18.1 Å². The van der Waals surface area contributed by atoms with Gasteiger partial charge in [-0.1, -0.05) is 18.2 Å². The lowest BCUT2D eigenvalue weighted by molar-refractivity contribution is 0.0541. The molecule has 0 amide bonds. The fraction of sp³-hybridized carbons (Fsp3) is 0.455. The summed E-state index contributed by atoms with van der Waals surface area (Å²) in [5.74, 6) is 0.685. The van der Waals surface area contributed by atoms with E-state index in [1.54, 1.807) is 6.07 Å². The molecule has 2 unspecified atom stereocenters. The highest BCUT2D eigenvalue weighted by atomic mass is 19.3. The minimum atomic E-state index is -2.37. The van der Waals surface area contributed by atoms with E-state index < -0.39 is 12.5 Å². The third-order valence-electron chi connectivity index (χ3n) is 2.59. The molecule has 1 aliphatic rings. The average Bonchev–Trinajstić information content (AvgIpc) is 2.18. The minimum absolute atomic E-state index is 0.296. The molecule has 2 N–H and O–H groups in total. The van der Waals surface area contributed by atoms with Crippen molar-refractivity contribution in [1.29, 1.82) is 0 Å². The highest BCUT2D eigenvalue weighted by Crippen LogP contribution is 2.28. The van der Waals surface area contributed by atoms with Gasteiger partial charge in [0.1, 0.15) is 11.9 Å². The summed E-state index contributed by atoms with van der Waals surface area (Å²) >= 11 is 0. The predicted molar refractivity (Wildman–Crippen MR) is 53.2 cm³/mol. The van der Waals surface area contributed by atoms with Crippen molar-refractivity contribution in [2.24, 2.45) is 5.73 Å². The van der Waals surface area contributed by atoms with Crippen LogP contribution in [0.1, 0.15) is 12.0 Å². The van der Waals surface area contributed by atoms with Gasteiger partial charge in [-0.2, -0.15) is 0 Å². The van der Waals surface area contributed by atoms with Gasteiger partial charge in [-0.15, -0.1) is 0 Å². The summed E-state index contributed by atoms with van der Waals surface area (Å²) in [5, 5.41) is 0. The van der Waals surface area contributed by atoms with Crippen LogP contribution in [0.15, 0.2) is 24.3 Å². The Bertz CT molecular complexity index is 343. The minimum Gasteiger partial charge on any atom is -0.488 e.